The third-order valence-electron chi connectivity index (χ3n) is 5.83. The Bertz CT molecular complexity index is 833. The van der Waals surface area contributed by atoms with Gasteiger partial charge in [-0.3, -0.25) is 14.4 Å². The standard InChI is InChI=1S/C19H24FN5O2/c1-23-9-6-14(11-27-17-15(20)4-3-7-21-17)10-19(23)12-25(13-19)18(26)16-5-8-22-24(16)2/h3-5,7-8,14H,6,9-13H2,1-2H3/t14-/m0/s1. The lowest BCUT2D eigenvalue weighted by Crippen LogP contribution is -2.72. The summed E-state index contributed by atoms with van der Waals surface area (Å²) >= 11 is 0. The van der Waals surface area contributed by atoms with Crippen LogP contribution in [-0.2, 0) is 7.05 Å². The zero-order valence-corrected chi connectivity index (χ0v) is 15.6. The number of ether oxygens (including phenoxy) is 1. The quantitative estimate of drug-likeness (QED) is 0.814. The molecule has 4 rings (SSSR count). The molecule has 144 valence electrons. The Morgan fingerprint density at radius 1 is 1.33 bits per heavy atom. The van der Waals surface area contributed by atoms with E-state index in [-0.39, 0.29) is 17.3 Å². The molecule has 1 amide bonds. The number of pyridine rings is 1. The lowest BCUT2D eigenvalue weighted by molar-refractivity contribution is -0.0699. The van der Waals surface area contributed by atoms with E-state index < -0.39 is 5.82 Å². The Morgan fingerprint density at radius 3 is 2.85 bits per heavy atom. The van der Waals surface area contributed by atoms with Crippen LogP contribution in [-0.4, -0.2) is 69.3 Å². The van der Waals surface area contributed by atoms with E-state index in [0.717, 1.165) is 19.4 Å². The fraction of sp³-hybridized carbons (Fsp3) is 0.526. The second kappa shape index (κ2) is 6.92. The van der Waals surface area contributed by atoms with E-state index in [2.05, 4.69) is 22.0 Å². The fourth-order valence-electron chi connectivity index (χ4n) is 4.15. The van der Waals surface area contributed by atoms with E-state index in [1.165, 1.54) is 12.3 Å². The minimum atomic E-state index is -0.434. The van der Waals surface area contributed by atoms with Gasteiger partial charge in [-0.2, -0.15) is 5.10 Å². The highest BCUT2D eigenvalue weighted by molar-refractivity contribution is 5.93. The highest BCUT2D eigenvalue weighted by Gasteiger charge is 2.51. The number of nitrogens with zero attached hydrogens (tertiary/aromatic N) is 5. The van der Waals surface area contributed by atoms with Gasteiger partial charge in [0.2, 0.25) is 5.88 Å². The number of carbonyl (C=O) groups is 1. The van der Waals surface area contributed by atoms with Crippen LogP contribution in [0.1, 0.15) is 23.3 Å². The highest BCUT2D eigenvalue weighted by Crippen LogP contribution is 2.39. The third-order valence-corrected chi connectivity index (χ3v) is 5.83. The molecule has 8 heteroatoms. The minimum absolute atomic E-state index is 0.0166. The molecule has 1 atom stereocenters. The number of piperidine rings is 1. The maximum Gasteiger partial charge on any atom is 0.272 e. The van der Waals surface area contributed by atoms with Crippen molar-refractivity contribution in [2.24, 2.45) is 13.0 Å². The molecule has 2 aromatic rings. The summed E-state index contributed by atoms with van der Waals surface area (Å²) < 4.78 is 20.9. The van der Waals surface area contributed by atoms with Gasteiger partial charge >= 0.3 is 0 Å². The van der Waals surface area contributed by atoms with Crippen LogP contribution < -0.4 is 4.74 Å². The first-order valence-corrected chi connectivity index (χ1v) is 9.20. The zero-order chi connectivity index (χ0) is 19.0. The van der Waals surface area contributed by atoms with Gasteiger partial charge in [0.15, 0.2) is 5.82 Å². The Balaban J connectivity index is 1.37. The number of rotatable bonds is 4. The lowest BCUT2D eigenvalue weighted by Gasteiger charge is -2.58. The SMILES string of the molecule is CN1CC[C@H](COc2ncccc2F)CC12CN(C(=O)c1ccnn1C)C2. The second-order valence-corrected chi connectivity index (χ2v) is 7.61. The van der Waals surface area contributed by atoms with Crippen LogP contribution >= 0.6 is 0 Å². The lowest BCUT2D eigenvalue weighted by atomic mass is 9.75. The number of aromatic nitrogens is 3. The summed E-state index contributed by atoms with van der Waals surface area (Å²) in [6.45, 7) is 2.77. The molecule has 2 saturated heterocycles. The molecule has 0 saturated carbocycles. The Labute approximate surface area is 157 Å². The number of halogens is 1. The summed E-state index contributed by atoms with van der Waals surface area (Å²) in [5.41, 5.74) is 0.581. The van der Waals surface area contributed by atoms with E-state index in [1.807, 2.05) is 4.90 Å². The van der Waals surface area contributed by atoms with Gasteiger partial charge in [0.25, 0.3) is 5.91 Å². The number of likely N-dealkylation sites (tertiary alicyclic amines) is 2. The summed E-state index contributed by atoms with van der Waals surface area (Å²) in [6, 6.07) is 4.65. The number of hydrogen-bond donors (Lipinski definition) is 0. The molecule has 0 bridgehead atoms. The van der Waals surface area contributed by atoms with Crippen molar-refractivity contribution in [1.82, 2.24) is 24.6 Å². The predicted molar refractivity (Wildman–Crippen MR) is 96.9 cm³/mol. The van der Waals surface area contributed by atoms with E-state index in [0.29, 0.717) is 31.3 Å². The van der Waals surface area contributed by atoms with Crippen molar-refractivity contribution in [3.8, 4) is 5.88 Å². The Morgan fingerprint density at radius 2 is 2.15 bits per heavy atom. The molecule has 0 radical (unpaired) electrons. The predicted octanol–water partition coefficient (Wildman–Crippen LogP) is 1.57. The van der Waals surface area contributed by atoms with Crippen molar-refractivity contribution < 1.29 is 13.9 Å². The average molecular weight is 373 g/mol. The molecule has 2 aliphatic heterocycles. The van der Waals surface area contributed by atoms with Crippen LogP contribution in [0, 0.1) is 11.7 Å². The molecule has 0 N–H and O–H groups in total. The molecule has 27 heavy (non-hydrogen) atoms. The van der Waals surface area contributed by atoms with Crippen molar-refractivity contribution in [2.75, 3.05) is 33.3 Å². The molecule has 0 aliphatic carbocycles. The first-order valence-electron chi connectivity index (χ1n) is 9.20. The Kier molecular flexibility index (Phi) is 4.59. The molecule has 1 spiro atoms. The van der Waals surface area contributed by atoms with E-state index in [1.54, 1.807) is 30.1 Å². The molecule has 2 aromatic heterocycles. The maximum absolute atomic E-state index is 13.7. The van der Waals surface area contributed by atoms with Crippen molar-refractivity contribution in [1.29, 1.82) is 0 Å². The van der Waals surface area contributed by atoms with Crippen molar-refractivity contribution in [3.05, 3.63) is 42.1 Å². The van der Waals surface area contributed by atoms with E-state index in [9.17, 15) is 9.18 Å². The number of likely N-dealkylation sites (N-methyl/N-ethyl adjacent to an activating group) is 1. The molecule has 0 unspecified atom stereocenters. The van der Waals surface area contributed by atoms with Crippen LogP contribution in [0.5, 0.6) is 5.88 Å². The topological polar surface area (TPSA) is 63.5 Å². The molecule has 4 heterocycles. The van der Waals surface area contributed by atoms with Gasteiger partial charge in [-0.05, 0) is 50.6 Å². The molecule has 2 fully saturated rings. The largest absolute Gasteiger partial charge is 0.475 e. The summed E-state index contributed by atoms with van der Waals surface area (Å²) in [7, 11) is 3.89. The third kappa shape index (κ3) is 3.29. The van der Waals surface area contributed by atoms with Gasteiger partial charge < -0.3 is 9.64 Å². The molecular weight excluding hydrogens is 349 g/mol. The number of carbonyl (C=O) groups excluding carboxylic acids is 1. The normalized spacial score (nSPS) is 21.9. The van der Waals surface area contributed by atoms with Crippen LogP contribution in [0.25, 0.3) is 0 Å². The van der Waals surface area contributed by atoms with E-state index >= 15 is 0 Å². The van der Waals surface area contributed by atoms with Gasteiger partial charge in [0, 0.05) is 32.5 Å². The smallest absolute Gasteiger partial charge is 0.272 e. The monoisotopic (exact) mass is 373 g/mol. The van der Waals surface area contributed by atoms with Crippen LogP contribution in [0.3, 0.4) is 0 Å². The maximum atomic E-state index is 13.7. The minimum Gasteiger partial charge on any atom is -0.475 e. The van der Waals surface area contributed by atoms with Crippen molar-refractivity contribution in [3.63, 3.8) is 0 Å². The zero-order valence-electron chi connectivity index (χ0n) is 15.6. The second-order valence-electron chi connectivity index (χ2n) is 7.61. The molecule has 7 nitrogen and oxygen atoms in total. The summed E-state index contributed by atoms with van der Waals surface area (Å²) in [4.78, 5) is 20.8. The number of hydrogen-bond acceptors (Lipinski definition) is 5. The van der Waals surface area contributed by atoms with Crippen LogP contribution in [0.4, 0.5) is 4.39 Å². The van der Waals surface area contributed by atoms with Gasteiger partial charge in [0.05, 0.1) is 12.1 Å². The summed E-state index contributed by atoms with van der Waals surface area (Å²) in [5.74, 6) is -0.0386. The molecular formula is C19H24FN5O2. The van der Waals surface area contributed by atoms with E-state index in [4.69, 9.17) is 4.74 Å². The highest BCUT2D eigenvalue weighted by atomic mass is 19.1. The average Bonchev–Trinajstić information content (AvgIpc) is 3.06. The van der Waals surface area contributed by atoms with Gasteiger partial charge in [0.1, 0.15) is 5.69 Å². The first kappa shape index (κ1) is 17.9. The van der Waals surface area contributed by atoms with Gasteiger partial charge in [-0.25, -0.2) is 9.37 Å². The summed E-state index contributed by atoms with van der Waals surface area (Å²) in [6.07, 6.45) is 5.08. The number of amides is 1. The van der Waals surface area contributed by atoms with Crippen LogP contribution in [0.2, 0.25) is 0 Å². The van der Waals surface area contributed by atoms with Crippen molar-refractivity contribution >= 4 is 5.91 Å². The fourth-order valence-corrected chi connectivity index (χ4v) is 4.15. The Hall–Kier alpha value is -2.48. The van der Waals surface area contributed by atoms with Gasteiger partial charge in [-0.15, -0.1) is 0 Å². The molecule has 2 aliphatic rings. The van der Waals surface area contributed by atoms with Crippen molar-refractivity contribution in [2.45, 2.75) is 18.4 Å². The van der Waals surface area contributed by atoms with Gasteiger partial charge in [-0.1, -0.05) is 0 Å². The number of aryl methyl sites for hydroxylation is 1. The van der Waals surface area contributed by atoms with Crippen LogP contribution in [0.15, 0.2) is 30.6 Å². The molecule has 0 aromatic carbocycles. The first-order chi connectivity index (χ1) is 13.0. The summed E-state index contributed by atoms with van der Waals surface area (Å²) in [5, 5.41) is 4.08.